The third-order valence-corrected chi connectivity index (χ3v) is 3.54. The third kappa shape index (κ3) is 3.69. The van der Waals surface area contributed by atoms with Crippen LogP contribution >= 0.6 is 27.5 Å². The van der Waals surface area contributed by atoms with E-state index in [0.717, 1.165) is 15.7 Å². The van der Waals surface area contributed by atoms with Crippen LogP contribution in [0.1, 0.15) is 11.6 Å². The molecule has 0 saturated heterocycles. The molecule has 0 saturated carbocycles. The molecule has 0 aromatic heterocycles. The van der Waals surface area contributed by atoms with Gasteiger partial charge in [-0.15, -0.1) is 0 Å². The summed E-state index contributed by atoms with van der Waals surface area (Å²) >= 11 is 9.50. The molecule has 0 amide bonds. The van der Waals surface area contributed by atoms with Crippen molar-refractivity contribution in [1.82, 2.24) is 0 Å². The summed E-state index contributed by atoms with van der Waals surface area (Å²) < 4.78 is 13.7. The van der Waals surface area contributed by atoms with Gasteiger partial charge in [0.2, 0.25) is 0 Å². The van der Waals surface area contributed by atoms with Crippen LogP contribution in [0.2, 0.25) is 5.02 Å². The fourth-order valence-electron chi connectivity index (χ4n) is 1.75. The predicted molar refractivity (Wildman–Crippen MR) is 79.0 cm³/mol. The summed E-state index contributed by atoms with van der Waals surface area (Å²) in [5, 5.41) is 13.2. The van der Waals surface area contributed by atoms with E-state index in [9.17, 15) is 9.50 Å². The minimum absolute atomic E-state index is 0.118. The zero-order valence-corrected chi connectivity index (χ0v) is 12.2. The van der Waals surface area contributed by atoms with Gasteiger partial charge in [0, 0.05) is 15.2 Å². The molecule has 100 valence electrons. The van der Waals surface area contributed by atoms with Gasteiger partial charge in [0.25, 0.3) is 0 Å². The van der Waals surface area contributed by atoms with Gasteiger partial charge in [-0.25, -0.2) is 4.39 Å². The van der Waals surface area contributed by atoms with Crippen molar-refractivity contribution >= 4 is 33.2 Å². The molecular weight excluding hydrogens is 333 g/mol. The van der Waals surface area contributed by atoms with Gasteiger partial charge in [0.1, 0.15) is 5.82 Å². The van der Waals surface area contributed by atoms with Crippen molar-refractivity contribution in [2.24, 2.45) is 0 Å². The van der Waals surface area contributed by atoms with Crippen molar-refractivity contribution in [3.8, 4) is 0 Å². The molecule has 2 aromatic rings. The van der Waals surface area contributed by atoms with E-state index >= 15 is 0 Å². The molecule has 0 spiro atoms. The highest BCUT2D eigenvalue weighted by molar-refractivity contribution is 9.10. The lowest BCUT2D eigenvalue weighted by Gasteiger charge is -2.19. The maximum Gasteiger partial charge on any atom is 0.123 e. The Hall–Kier alpha value is -1.10. The minimum atomic E-state index is -0.351. The Labute approximate surface area is 124 Å². The summed E-state index contributed by atoms with van der Waals surface area (Å²) in [6.07, 6.45) is 0. The summed E-state index contributed by atoms with van der Waals surface area (Å²) in [5.41, 5.74) is 1.50. The van der Waals surface area contributed by atoms with Gasteiger partial charge in [-0.05, 0) is 48.0 Å². The van der Waals surface area contributed by atoms with Gasteiger partial charge < -0.3 is 10.4 Å². The maximum atomic E-state index is 12.8. The van der Waals surface area contributed by atoms with Crippen LogP contribution < -0.4 is 5.32 Å². The van der Waals surface area contributed by atoms with Crippen LogP contribution in [0.4, 0.5) is 10.1 Å². The van der Waals surface area contributed by atoms with Gasteiger partial charge in [-0.1, -0.05) is 27.5 Å². The molecule has 0 heterocycles. The third-order valence-electron chi connectivity index (χ3n) is 2.70. The number of halogens is 3. The summed E-state index contributed by atoms with van der Waals surface area (Å²) in [5.74, 6) is -0.299. The average Bonchev–Trinajstić information content (AvgIpc) is 2.41. The Morgan fingerprint density at radius 1 is 1.21 bits per heavy atom. The standard InChI is InChI=1S/C14H12BrClFNO/c15-9-1-6-13(16)12(7-9)14(8-19)18-11-4-2-10(17)3-5-11/h1-7,14,18-19H,8H2. The van der Waals surface area contributed by atoms with Crippen LogP contribution in [-0.2, 0) is 0 Å². The molecule has 1 atom stereocenters. The van der Waals surface area contributed by atoms with Crippen molar-refractivity contribution in [3.05, 3.63) is 63.3 Å². The van der Waals surface area contributed by atoms with E-state index in [-0.39, 0.29) is 18.5 Å². The van der Waals surface area contributed by atoms with Crippen LogP contribution in [0.5, 0.6) is 0 Å². The van der Waals surface area contributed by atoms with Crippen LogP contribution in [0.3, 0.4) is 0 Å². The van der Waals surface area contributed by atoms with Crippen LogP contribution in [0, 0.1) is 5.82 Å². The molecule has 2 rings (SSSR count). The second kappa shape index (κ2) is 6.37. The van der Waals surface area contributed by atoms with Crippen LogP contribution in [0.15, 0.2) is 46.9 Å². The SMILES string of the molecule is OCC(Nc1ccc(F)cc1)c1cc(Br)ccc1Cl. The zero-order valence-electron chi connectivity index (χ0n) is 9.91. The molecule has 2 N–H and O–H groups in total. The van der Waals surface area contributed by atoms with Gasteiger partial charge in [0.05, 0.1) is 12.6 Å². The zero-order chi connectivity index (χ0) is 13.8. The number of rotatable bonds is 4. The molecule has 2 aromatic carbocycles. The van der Waals surface area contributed by atoms with Crippen molar-refractivity contribution in [3.63, 3.8) is 0 Å². The first kappa shape index (κ1) is 14.3. The van der Waals surface area contributed by atoms with Gasteiger partial charge >= 0.3 is 0 Å². The summed E-state index contributed by atoms with van der Waals surface area (Å²) in [7, 11) is 0. The Bertz CT molecular complexity index is 562. The quantitative estimate of drug-likeness (QED) is 0.862. The number of hydrogen-bond donors (Lipinski definition) is 2. The highest BCUT2D eigenvalue weighted by atomic mass is 79.9. The van der Waals surface area contributed by atoms with Crippen molar-refractivity contribution in [2.45, 2.75) is 6.04 Å². The molecular formula is C14H12BrClFNO. The van der Waals surface area contributed by atoms with Crippen molar-refractivity contribution in [2.75, 3.05) is 11.9 Å². The number of aliphatic hydroxyl groups excluding tert-OH is 1. The number of hydrogen-bond acceptors (Lipinski definition) is 2. The molecule has 0 fully saturated rings. The monoisotopic (exact) mass is 343 g/mol. The molecule has 0 bridgehead atoms. The number of benzene rings is 2. The number of aliphatic hydroxyl groups is 1. The fourth-order valence-corrected chi connectivity index (χ4v) is 2.38. The topological polar surface area (TPSA) is 32.3 Å². The van der Waals surface area contributed by atoms with E-state index in [1.54, 1.807) is 18.2 Å². The average molecular weight is 345 g/mol. The van der Waals surface area contributed by atoms with E-state index in [4.69, 9.17) is 11.6 Å². The lowest BCUT2D eigenvalue weighted by Crippen LogP contribution is -2.15. The molecule has 0 aliphatic heterocycles. The Balaban J connectivity index is 2.24. The minimum Gasteiger partial charge on any atom is -0.394 e. The lowest BCUT2D eigenvalue weighted by molar-refractivity contribution is 0.276. The summed E-state index contributed by atoms with van der Waals surface area (Å²) in [6, 6.07) is 11.0. The second-order valence-corrected chi connectivity index (χ2v) is 5.38. The van der Waals surface area contributed by atoms with E-state index in [1.165, 1.54) is 12.1 Å². The summed E-state index contributed by atoms with van der Waals surface area (Å²) in [6.45, 7) is -0.118. The van der Waals surface area contributed by atoms with Gasteiger partial charge in [0.15, 0.2) is 0 Å². The molecule has 0 radical (unpaired) electrons. The van der Waals surface area contributed by atoms with Crippen molar-refractivity contribution in [1.29, 1.82) is 0 Å². The highest BCUT2D eigenvalue weighted by Crippen LogP contribution is 2.28. The van der Waals surface area contributed by atoms with E-state index in [1.807, 2.05) is 12.1 Å². The molecule has 5 heteroatoms. The Morgan fingerprint density at radius 3 is 2.53 bits per heavy atom. The highest BCUT2D eigenvalue weighted by Gasteiger charge is 2.14. The maximum absolute atomic E-state index is 12.8. The van der Waals surface area contributed by atoms with Crippen LogP contribution in [0.25, 0.3) is 0 Å². The first-order chi connectivity index (χ1) is 9.10. The lowest BCUT2D eigenvalue weighted by atomic mass is 10.1. The number of nitrogens with one attached hydrogen (secondary N) is 1. The van der Waals surface area contributed by atoms with Gasteiger partial charge in [-0.3, -0.25) is 0 Å². The first-order valence-corrected chi connectivity index (χ1v) is 6.85. The molecule has 19 heavy (non-hydrogen) atoms. The van der Waals surface area contributed by atoms with Crippen LogP contribution in [-0.4, -0.2) is 11.7 Å². The van der Waals surface area contributed by atoms with Gasteiger partial charge in [-0.2, -0.15) is 0 Å². The molecule has 2 nitrogen and oxygen atoms in total. The Morgan fingerprint density at radius 2 is 1.89 bits per heavy atom. The Kier molecular flexibility index (Phi) is 4.80. The second-order valence-electron chi connectivity index (χ2n) is 4.05. The molecule has 0 aliphatic carbocycles. The fraction of sp³-hybridized carbons (Fsp3) is 0.143. The molecule has 1 unspecified atom stereocenters. The smallest absolute Gasteiger partial charge is 0.123 e. The first-order valence-electron chi connectivity index (χ1n) is 5.68. The predicted octanol–water partition coefficient (Wildman–Crippen LogP) is 4.39. The van der Waals surface area contributed by atoms with Crippen molar-refractivity contribution < 1.29 is 9.50 Å². The summed E-state index contributed by atoms with van der Waals surface area (Å²) in [4.78, 5) is 0. The molecule has 0 aliphatic rings. The van der Waals surface area contributed by atoms with E-state index in [2.05, 4.69) is 21.2 Å². The van der Waals surface area contributed by atoms with E-state index in [0.29, 0.717) is 5.02 Å². The normalized spacial score (nSPS) is 12.2. The largest absolute Gasteiger partial charge is 0.394 e. The number of anilines is 1. The van der Waals surface area contributed by atoms with E-state index < -0.39 is 0 Å².